The average molecular weight is 464 g/mol. The number of aromatic nitrogens is 7. The highest BCUT2D eigenvalue weighted by molar-refractivity contribution is 6.04. The minimum atomic E-state index is -0.650. The van der Waals surface area contributed by atoms with Crippen molar-refractivity contribution in [2.75, 3.05) is 12.0 Å². The number of rotatable bonds is 7. The van der Waals surface area contributed by atoms with E-state index in [1.54, 1.807) is 38.4 Å². The van der Waals surface area contributed by atoms with Gasteiger partial charge in [0.15, 0.2) is 0 Å². The second kappa shape index (κ2) is 8.73. The number of alkyl halides is 1. The molecule has 0 spiro atoms. The summed E-state index contributed by atoms with van der Waals surface area (Å²) in [7, 11) is 0. The van der Waals surface area contributed by atoms with E-state index in [-0.39, 0.29) is 17.2 Å². The third-order valence-electron chi connectivity index (χ3n) is 5.76. The minimum absolute atomic E-state index is 0.120. The molecule has 9 nitrogen and oxygen atoms in total. The summed E-state index contributed by atoms with van der Waals surface area (Å²) in [6, 6.07) is 7.12. The highest BCUT2D eigenvalue weighted by atomic mass is 19.1. The molecule has 1 aliphatic rings. The molecule has 0 bridgehead atoms. The third kappa shape index (κ3) is 4.16. The second-order valence-electron chi connectivity index (χ2n) is 8.41. The van der Waals surface area contributed by atoms with E-state index in [2.05, 4.69) is 30.8 Å². The van der Waals surface area contributed by atoms with Crippen molar-refractivity contribution in [3.63, 3.8) is 0 Å². The summed E-state index contributed by atoms with van der Waals surface area (Å²) in [5, 5.41) is 13.9. The van der Waals surface area contributed by atoms with Crippen molar-refractivity contribution in [3.8, 4) is 17.2 Å². The first-order valence-corrected chi connectivity index (χ1v) is 10.9. The van der Waals surface area contributed by atoms with Gasteiger partial charge in [0.2, 0.25) is 5.82 Å². The number of nitrogens with one attached hydrogen (secondary N) is 1. The third-order valence-corrected chi connectivity index (χ3v) is 5.76. The molecule has 34 heavy (non-hydrogen) atoms. The van der Waals surface area contributed by atoms with Gasteiger partial charge in [0.25, 0.3) is 5.91 Å². The van der Waals surface area contributed by atoms with Crippen LogP contribution in [0.4, 0.5) is 14.6 Å². The van der Waals surface area contributed by atoms with Crippen LogP contribution in [0.15, 0.2) is 42.9 Å². The first-order chi connectivity index (χ1) is 16.4. The number of pyridine rings is 1. The van der Waals surface area contributed by atoms with Crippen molar-refractivity contribution in [2.45, 2.75) is 38.6 Å². The molecule has 0 aliphatic heterocycles. The van der Waals surface area contributed by atoms with Crippen LogP contribution in [-0.2, 0) is 0 Å². The van der Waals surface area contributed by atoms with Gasteiger partial charge in [-0.3, -0.25) is 4.79 Å². The van der Waals surface area contributed by atoms with Crippen molar-refractivity contribution in [1.29, 1.82) is 0 Å². The monoisotopic (exact) mass is 464 g/mol. The van der Waals surface area contributed by atoms with E-state index in [0.717, 1.165) is 18.5 Å². The van der Waals surface area contributed by atoms with Crippen LogP contribution in [0.3, 0.4) is 0 Å². The lowest BCUT2D eigenvalue weighted by atomic mass is 10.1. The predicted octanol–water partition coefficient (Wildman–Crippen LogP) is 4.03. The first-order valence-electron chi connectivity index (χ1n) is 10.9. The molecule has 1 aromatic carbocycles. The summed E-state index contributed by atoms with van der Waals surface area (Å²) >= 11 is 0. The average Bonchev–Trinajstić information content (AvgIpc) is 3.35. The molecule has 1 aliphatic carbocycles. The number of tetrazole rings is 1. The number of hydrogen-bond donors (Lipinski definition) is 1. The zero-order valence-electron chi connectivity index (χ0n) is 18.6. The lowest BCUT2D eigenvalue weighted by Crippen LogP contribution is -2.16. The molecule has 1 N–H and O–H groups in total. The topological polar surface area (TPSA) is 103 Å². The van der Waals surface area contributed by atoms with Crippen LogP contribution in [0.2, 0.25) is 0 Å². The van der Waals surface area contributed by atoms with Gasteiger partial charge in [0, 0.05) is 12.1 Å². The highest BCUT2D eigenvalue weighted by Gasteiger charge is 2.26. The Morgan fingerprint density at radius 3 is 2.88 bits per heavy atom. The van der Waals surface area contributed by atoms with Crippen LogP contribution in [-0.4, -0.2) is 47.3 Å². The summed E-state index contributed by atoms with van der Waals surface area (Å²) in [5.41, 5.74) is 2.58. The summed E-state index contributed by atoms with van der Waals surface area (Å²) in [5.74, 6) is -0.362. The van der Waals surface area contributed by atoms with Gasteiger partial charge in [0.1, 0.15) is 24.0 Å². The van der Waals surface area contributed by atoms with Crippen molar-refractivity contribution in [2.24, 2.45) is 0 Å². The lowest BCUT2D eigenvalue weighted by molar-refractivity contribution is 0.102. The Morgan fingerprint density at radius 2 is 2.12 bits per heavy atom. The zero-order chi connectivity index (χ0) is 23.8. The zero-order valence-corrected chi connectivity index (χ0v) is 18.6. The highest BCUT2D eigenvalue weighted by Crippen LogP contribution is 2.39. The molecular formula is C23H22F2N8O. The fourth-order valence-electron chi connectivity index (χ4n) is 3.71. The normalized spacial score (nSPS) is 14.2. The van der Waals surface area contributed by atoms with Crippen LogP contribution >= 0.6 is 0 Å². The number of imidazole rings is 1. The van der Waals surface area contributed by atoms with Crippen LogP contribution in [0.5, 0.6) is 0 Å². The van der Waals surface area contributed by atoms with E-state index >= 15 is 0 Å². The Bertz CT molecular complexity index is 1360. The van der Waals surface area contributed by atoms with E-state index in [1.807, 2.05) is 10.8 Å². The van der Waals surface area contributed by atoms with E-state index in [9.17, 15) is 13.6 Å². The number of carbonyl (C=O) groups excluding carboxylic acids is 1. The van der Waals surface area contributed by atoms with Crippen molar-refractivity contribution in [1.82, 2.24) is 34.7 Å². The van der Waals surface area contributed by atoms with E-state index in [0.29, 0.717) is 22.9 Å². The van der Waals surface area contributed by atoms with Gasteiger partial charge >= 0.3 is 0 Å². The van der Waals surface area contributed by atoms with Crippen molar-refractivity contribution >= 4 is 11.7 Å². The maximum absolute atomic E-state index is 14.8. The van der Waals surface area contributed by atoms with Crippen LogP contribution in [0.25, 0.3) is 17.2 Å². The Hall–Kier alpha value is -4.02. The fourth-order valence-corrected chi connectivity index (χ4v) is 3.71. The van der Waals surface area contributed by atoms with Gasteiger partial charge in [-0.2, -0.15) is 0 Å². The van der Waals surface area contributed by atoms with Crippen molar-refractivity contribution < 1.29 is 13.6 Å². The number of amides is 1. The van der Waals surface area contributed by atoms with Gasteiger partial charge in [-0.25, -0.2) is 23.4 Å². The van der Waals surface area contributed by atoms with Gasteiger partial charge < -0.3 is 9.88 Å². The number of carbonyl (C=O) groups is 1. The molecule has 0 saturated heterocycles. The maximum atomic E-state index is 14.8. The molecule has 5 rings (SSSR count). The van der Waals surface area contributed by atoms with E-state index in [4.69, 9.17) is 0 Å². The Kier molecular flexibility index (Phi) is 5.60. The Labute approximate surface area is 193 Å². The van der Waals surface area contributed by atoms with Crippen LogP contribution in [0.1, 0.15) is 53.3 Å². The SMILES string of the molecule is Cc1cc(F)c(C(=O)Nc2cccc(-c3nnnn3[C@H](C)CF)n2)cc1-n1cnc(C2CC2)c1. The van der Waals surface area contributed by atoms with E-state index in [1.165, 1.54) is 16.8 Å². The minimum Gasteiger partial charge on any atom is -0.306 e. The smallest absolute Gasteiger partial charge is 0.259 e. The molecule has 11 heteroatoms. The number of nitrogens with zero attached hydrogens (tertiary/aromatic N) is 7. The molecule has 0 radical (unpaired) electrons. The first kappa shape index (κ1) is 21.8. The molecule has 174 valence electrons. The molecule has 1 atom stereocenters. The molecule has 3 aromatic heterocycles. The van der Waals surface area contributed by atoms with Gasteiger partial charge in [0.05, 0.1) is 29.3 Å². The molecule has 3 heterocycles. The number of benzene rings is 1. The molecular weight excluding hydrogens is 442 g/mol. The molecule has 0 unspecified atom stereocenters. The Morgan fingerprint density at radius 1 is 1.29 bits per heavy atom. The molecule has 1 amide bonds. The number of halogens is 2. The summed E-state index contributed by atoms with van der Waals surface area (Å²) in [6.45, 7) is 2.77. The fraction of sp³-hybridized carbons (Fsp3) is 0.304. The van der Waals surface area contributed by atoms with Gasteiger partial charge in [-0.05, 0) is 66.9 Å². The second-order valence-corrected chi connectivity index (χ2v) is 8.41. The van der Waals surface area contributed by atoms with Gasteiger partial charge in [-0.15, -0.1) is 5.10 Å². The maximum Gasteiger partial charge on any atom is 0.259 e. The quantitative estimate of drug-likeness (QED) is 0.443. The summed E-state index contributed by atoms with van der Waals surface area (Å²) < 4.78 is 31.0. The largest absolute Gasteiger partial charge is 0.306 e. The molecule has 4 aromatic rings. The summed E-state index contributed by atoms with van der Waals surface area (Å²) in [6.07, 6.45) is 5.85. The summed E-state index contributed by atoms with van der Waals surface area (Å²) in [4.78, 5) is 21.8. The molecule has 1 saturated carbocycles. The van der Waals surface area contributed by atoms with Crippen LogP contribution < -0.4 is 5.32 Å². The predicted molar refractivity (Wildman–Crippen MR) is 120 cm³/mol. The number of anilines is 1. The Balaban J connectivity index is 1.41. The van der Waals surface area contributed by atoms with Crippen molar-refractivity contribution in [3.05, 3.63) is 65.5 Å². The number of hydrogen-bond acceptors (Lipinski definition) is 6. The lowest BCUT2D eigenvalue weighted by Gasteiger charge is -2.12. The molecule has 1 fully saturated rings. The number of aryl methyl sites for hydroxylation is 1. The van der Waals surface area contributed by atoms with Crippen LogP contribution in [0, 0.1) is 12.7 Å². The van der Waals surface area contributed by atoms with E-state index < -0.39 is 24.4 Å². The standard InChI is InChI=1S/C23H22F2N8O/c1-13-8-17(25)16(9-20(13)32-11-19(26-12-32)15-6-7-15)23(34)28-21-5-3-4-18(27-21)22-29-30-31-33(22)14(2)10-24/h3-5,8-9,11-12,14-15H,6-7,10H2,1-2H3,(H,27,28,34)/t14-/m1/s1. The van der Waals surface area contributed by atoms with Gasteiger partial charge in [-0.1, -0.05) is 6.07 Å².